The summed E-state index contributed by atoms with van der Waals surface area (Å²) in [6.07, 6.45) is 5.81. The topological polar surface area (TPSA) is 36.4 Å². The molecule has 0 spiro atoms. The zero-order valence-electron chi connectivity index (χ0n) is 13.6. The van der Waals surface area contributed by atoms with Crippen LogP contribution in [0.2, 0.25) is 0 Å². The van der Waals surface area contributed by atoms with Gasteiger partial charge in [-0.3, -0.25) is 0 Å². The van der Waals surface area contributed by atoms with E-state index in [2.05, 4.69) is 67.2 Å². The van der Waals surface area contributed by atoms with Crippen LogP contribution in [0.15, 0.2) is 53.8 Å². The lowest BCUT2D eigenvalue weighted by molar-refractivity contribution is 0.531. The van der Waals surface area contributed by atoms with Gasteiger partial charge in [-0.2, -0.15) is 0 Å². The minimum absolute atomic E-state index is 0.437. The van der Waals surface area contributed by atoms with E-state index in [0.29, 0.717) is 6.04 Å². The average Bonchev–Trinajstić information content (AvgIpc) is 2.47. The summed E-state index contributed by atoms with van der Waals surface area (Å²) in [5.74, 6) is 1.70. The molecule has 0 aliphatic rings. The first-order valence-electron chi connectivity index (χ1n) is 7.57. The van der Waals surface area contributed by atoms with Crippen molar-refractivity contribution in [2.24, 2.45) is 4.99 Å². The van der Waals surface area contributed by atoms with Gasteiger partial charge < -0.3 is 10.6 Å². The lowest BCUT2D eigenvalue weighted by Crippen LogP contribution is -2.27. The molecule has 1 aromatic rings. The van der Waals surface area contributed by atoms with Gasteiger partial charge in [0.05, 0.1) is 0 Å². The van der Waals surface area contributed by atoms with Crippen LogP contribution < -0.4 is 10.6 Å². The van der Waals surface area contributed by atoms with Gasteiger partial charge in [0.2, 0.25) is 0 Å². The fourth-order valence-corrected chi connectivity index (χ4v) is 1.99. The molecular formula is C18H27N3. The Morgan fingerprint density at radius 2 is 1.86 bits per heavy atom. The number of amidine groups is 1. The van der Waals surface area contributed by atoms with Gasteiger partial charge in [-0.05, 0) is 44.9 Å². The van der Waals surface area contributed by atoms with E-state index in [4.69, 9.17) is 0 Å². The Morgan fingerprint density at radius 1 is 1.24 bits per heavy atom. The van der Waals surface area contributed by atoms with Crippen molar-refractivity contribution in [3.05, 3.63) is 54.4 Å². The summed E-state index contributed by atoms with van der Waals surface area (Å²) in [6.45, 7) is 12.1. The normalized spacial score (nSPS) is 12.4. The molecule has 0 heterocycles. The Bertz CT molecular complexity index is 494. The molecule has 0 aliphatic heterocycles. The van der Waals surface area contributed by atoms with Gasteiger partial charge in [0.1, 0.15) is 11.7 Å². The molecule has 0 saturated carbocycles. The number of allylic oxidation sites excluding steroid dienone is 2. The highest BCUT2D eigenvalue weighted by Gasteiger charge is 2.04. The first kappa shape index (κ1) is 17.0. The average molecular weight is 285 g/mol. The monoisotopic (exact) mass is 285 g/mol. The largest absolute Gasteiger partial charge is 0.367 e. The molecule has 0 aliphatic carbocycles. The molecule has 0 fully saturated rings. The molecule has 3 nitrogen and oxygen atoms in total. The molecule has 0 saturated heterocycles. The zero-order chi connectivity index (χ0) is 15.7. The van der Waals surface area contributed by atoms with Crippen LogP contribution in [0.1, 0.15) is 39.2 Å². The van der Waals surface area contributed by atoms with Crippen LogP contribution in [0.5, 0.6) is 0 Å². The maximum absolute atomic E-state index is 4.60. The second kappa shape index (κ2) is 9.01. The molecule has 1 rings (SSSR count). The summed E-state index contributed by atoms with van der Waals surface area (Å²) in [6, 6.07) is 8.71. The minimum Gasteiger partial charge on any atom is -0.367 e. The lowest BCUT2D eigenvalue weighted by atomic mass is 10.2. The zero-order valence-corrected chi connectivity index (χ0v) is 13.6. The summed E-state index contributed by atoms with van der Waals surface area (Å²) < 4.78 is 0. The Balaban J connectivity index is 2.77. The summed E-state index contributed by atoms with van der Waals surface area (Å²) >= 11 is 0. The summed E-state index contributed by atoms with van der Waals surface area (Å²) in [5.41, 5.74) is 2.29. The maximum Gasteiger partial charge on any atom is 0.128 e. The molecule has 0 aromatic heterocycles. The molecule has 2 N–H and O–H groups in total. The first-order chi connectivity index (χ1) is 10.1. The Hall–Kier alpha value is -2.03. The standard InChI is InChI=1S/C18H27N3/c1-6-9-18(21-16(7-2)8-3)20-15(5)19-17-12-10-14(4)11-13-17/h6,9-13,16,21H,1,7-8H2,2-5H3,(H,19,20)/b18-9+. The van der Waals surface area contributed by atoms with Gasteiger partial charge >= 0.3 is 0 Å². The fraction of sp³-hybridized carbons (Fsp3) is 0.389. The third kappa shape index (κ3) is 6.30. The second-order valence-electron chi connectivity index (χ2n) is 5.13. The number of aliphatic imine (C=N–C) groups is 1. The van der Waals surface area contributed by atoms with Crippen LogP contribution in [0, 0.1) is 6.92 Å². The number of hydrogen-bond donors (Lipinski definition) is 2. The van der Waals surface area contributed by atoms with Crippen molar-refractivity contribution in [3.63, 3.8) is 0 Å². The number of nitrogens with one attached hydrogen (secondary N) is 2. The molecule has 114 valence electrons. The molecule has 1 aromatic carbocycles. The highest BCUT2D eigenvalue weighted by atomic mass is 15.1. The summed E-state index contributed by atoms with van der Waals surface area (Å²) in [7, 11) is 0. The van der Waals surface area contributed by atoms with E-state index >= 15 is 0 Å². The fourth-order valence-electron chi connectivity index (χ4n) is 1.99. The van der Waals surface area contributed by atoms with E-state index < -0.39 is 0 Å². The predicted molar refractivity (Wildman–Crippen MR) is 93.7 cm³/mol. The summed E-state index contributed by atoms with van der Waals surface area (Å²) in [5, 5.41) is 6.74. The number of benzene rings is 1. The Kier molecular flexibility index (Phi) is 7.30. The molecule has 0 atom stereocenters. The van der Waals surface area contributed by atoms with Gasteiger partial charge in [-0.15, -0.1) is 0 Å². The molecule has 0 bridgehead atoms. The molecule has 0 amide bonds. The van der Waals surface area contributed by atoms with Crippen molar-refractivity contribution in [1.29, 1.82) is 0 Å². The smallest absolute Gasteiger partial charge is 0.128 e. The van der Waals surface area contributed by atoms with Gasteiger partial charge in [-0.25, -0.2) is 4.99 Å². The van der Waals surface area contributed by atoms with Crippen LogP contribution in [0.4, 0.5) is 5.69 Å². The van der Waals surface area contributed by atoms with Gasteiger partial charge in [-0.1, -0.05) is 44.2 Å². The van der Waals surface area contributed by atoms with Crippen molar-refractivity contribution < 1.29 is 0 Å². The van der Waals surface area contributed by atoms with E-state index in [1.807, 2.05) is 13.0 Å². The minimum atomic E-state index is 0.437. The third-order valence-electron chi connectivity index (χ3n) is 3.28. The third-order valence-corrected chi connectivity index (χ3v) is 3.28. The van der Waals surface area contributed by atoms with E-state index in [1.165, 1.54) is 5.56 Å². The van der Waals surface area contributed by atoms with Crippen molar-refractivity contribution in [2.45, 2.75) is 46.6 Å². The van der Waals surface area contributed by atoms with E-state index in [1.54, 1.807) is 6.08 Å². The van der Waals surface area contributed by atoms with Gasteiger partial charge in [0.15, 0.2) is 0 Å². The van der Waals surface area contributed by atoms with Crippen LogP contribution in [0.3, 0.4) is 0 Å². The van der Waals surface area contributed by atoms with Gasteiger partial charge in [0, 0.05) is 11.7 Å². The number of rotatable bonds is 7. The highest BCUT2D eigenvalue weighted by molar-refractivity contribution is 5.94. The second-order valence-corrected chi connectivity index (χ2v) is 5.13. The van der Waals surface area contributed by atoms with Crippen LogP contribution in [-0.2, 0) is 0 Å². The highest BCUT2D eigenvalue weighted by Crippen LogP contribution is 2.09. The number of anilines is 1. The van der Waals surface area contributed by atoms with Crippen molar-refractivity contribution in [3.8, 4) is 0 Å². The number of nitrogens with zero attached hydrogens (tertiary/aromatic N) is 1. The van der Waals surface area contributed by atoms with Crippen LogP contribution >= 0.6 is 0 Å². The molecular weight excluding hydrogens is 258 g/mol. The first-order valence-corrected chi connectivity index (χ1v) is 7.57. The predicted octanol–water partition coefficient (Wildman–Crippen LogP) is 4.63. The molecule has 3 heteroatoms. The lowest BCUT2D eigenvalue weighted by Gasteiger charge is -2.17. The Morgan fingerprint density at radius 3 is 2.38 bits per heavy atom. The quantitative estimate of drug-likeness (QED) is 0.435. The SMILES string of the molecule is C=C/C=C(\N=C(/C)Nc1ccc(C)cc1)NC(CC)CC. The Labute approximate surface area is 128 Å². The van der Waals surface area contributed by atoms with Crippen LogP contribution in [0.25, 0.3) is 0 Å². The maximum atomic E-state index is 4.60. The molecule has 0 radical (unpaired) electrons. The van der Waals surface area contributed by atoms with E-state index in [9.17, 15) is 0 Å². The number of aryl methyl sites for hydroxylation is 1. The van der Waals surface area contributed by atoms with Crippen molar-refractivity contribution in [1.82, 2.24) is 5.32 Å². The number of hydrogen-bond acceptors (Lipinski definition) is 2. The molecule has 0 unspecified atom stereocenters. The van der Waals surface area contributed by atoms with E-state index in [-0.39, 0.29) is 0 Å². The van der Waals surface area contributed by atoms with E-state index in [0.717, 1.165) is 30.2 Å². The van der Waals surface area contributed by atoms with Crippen molar-refractivity contribution >= 4 is 11.5 Å². The summed E-state index contributed by atoms with van der Waals surface area (Å²) in [4.78, 5) is 4.60. The van der Waals surface area contributed by atoms with Crippen LogP contribution in [-0.4, -0.2) is 11.9 Å². The molecule has 21 heavy (non-hydrogen) atoms. The van der Waals surface area contributed by atoms with Gasteiger partial charge in [0.25, 0.3) is 0 Å². The van der Waals surface area contributed by atoms with Crippen molar-refractivity contribution in [2.75, 3.05) is 5.32 Å².